The topological polar surface area (TPSA) is 68.0 Å². The second kappa shape index (κ2) is 4.79. The van der Waals surface area contributed by atoms with Crippen LogP contribution < -0.4 is 11.1 Å². The zero-order valence-corrected chi connectivity index (χ0v) is 9.15. The number of rotatable bonds is 2. The number of hydrogen-bond donors (Lipinski definition) is 2. The summed E-state index contributed by atoms with van der Waals surface area (Å²) in [7, 11) is 0. The monoisotopic (exact) mass is 249 g/mol. The first-order valence-electron chi connectivity index (χ1n) is 5.04. The number of pyridine rings is 1. The van der Waals surface area contributed by atoms with E-state index in [9.17, 15) is 13.6 Å². The number of halogens is 2. The first-order valence-corrected chi connectivity index (χ1v) is 5.04. The van der Waals surface area contributed by atoms with Gasteiger partial charge in [-0.2, -0.15) is 4.39 Å². The van der Waals surface area contributed by atoms with Crippen molar-refractivity contribution < 1.29 is 13.6 Å². The standard InChI is InChI=1S/C12H9F2N3O/c13-7-1-3-9(10(15)5-7)12(18)17-8-2-4-11(14)16-6-8/h1-6H,15H2,(H,17,18). The number of nitrogens with two attached hydrogens (primary N) is 1. The van der Waals surface area contributed by atoms with Gasteiger partial charge >= 0.3 is 0 Å². The second-order valence-electron chi connectivity index (χ2n) is 3.56. The molecule has 2 aromatic rings. The van der Waals surface area contributed by atoms with E-state index in [4.69, 9.17) is 5.73 Å². The first kappa shape index (κ1) is 12.0. The minimum absolute atomic E-state index is 0.0302. The summed E-state index contributed by atoms with van der Waals surface area (Å²) in [5.41, 5.74) is 6.02. The highest BCUT2D eigenvalue weighted by molar-refractivity contribution is 6.07. The van der Waals surface area contributed by atoms with Gasteiger partial charge in [-0.05, 0) is 30.3 Å². The SMILES string of the molecule is Nc1cc(F)ccc1C(=O)Nc1ccc(F)nc1. The molecule has 1 aromatic carbocycles. The molecule has 3 N–H and O–H groups in total. The molecule has 18 heavy (non-hydrogen) atoms. The molecule has 0 radical (unpaired) electrons. The summed E-state index contributed by atoms with van der Waals surface area (Å²) in [5, 5.41) is 2.48. The van der Waals surface area contributed by atoms with Crippen molar-refractivity contribution in [1.29, 1.82) is 0 Å². The third-order valence-corrected chi connectivity index (χ3v) is 2.24. The normalized spacial score (nSPS) is 10.1. The Morgan fingerprint density at radius 2 is 2.00 bits per heavy atom. The lowest BCUT2D eigenvalue weighted by Crippen LogP contribution is -2.14. The molecule has 0 atom stereocenters. The Kier molecular flexibility index (Phi) is 3.18. The van der Waals surface area contributed by atoms with E-state index >= 15 is 0 Å². The smallest absolute Gasteiger partial charge is 0.257 e. The van der Waals surface area contributed by atoms with Gasteiger partial charge in [0.05, 0.1) is 17.4 Å². The van der Waals surface area contributed by atoms with Crippen molar-refractivity contribution in [2.75, 3.05) is 11.1 Å². The molecule has 0 saturated carbocycles. The van der Waals surface area contributed by atoms with Crippen LogP contribution in [0.4, 0.5) is 20.2 Å². The Labute approximate surface area is 101 Å². The Balaban J connectivity index is 2.19. The first-order chi connectivity index (χ1) is 8.56. The average molecular weight is 249 g/mol. The summed E-state index contributed by atoms with van der Waals surface area (Å²) in [6.45, 7) is 0. The zero-order chi connectivity index (χ0) is 13.1. The number of nitrogen functional groups attached to an aromatic ring is 1. The molecule has 0 aliphatic carbocycles. The molecular formula is C12H9F2N3O. The van der Waals surface area contributed by atoms with Gasteiger partial charge in [0.1, 0.15) is 5.82 Å². The van der Waals surface area contributed by atoms with Crippen molar-refractivity contribution in [2.24, 2.45) is 0 Å². The van der Waals surface area contributed by atoms with Gasteiger partial charge in [-0.25, -0.2) is 9.37 Å². The predicted octanol–water partition coefficient (Wildman–Crippen LogP) is 2.19. The minimum atomic E-state index is -0.644. The molecule has 0 aliphatic heterocycles. The molecule has 0 fully saturated rings. The maximum Gasteiger partial charge on any atom is 0.257 e. The lowest BCUT2D eigenvalue weighted by atomic mass is 10.1. The van der Waals surface area contributed by atoms with Crippen LogP contribution in [0, 0.1) is 11.8 Å². The highest BCUT2D eigenvalue weighted by Crippen LogP contribution is 2.15. The molecule has 1 amide bonds. The van der Waals surface area contributed by atoms with E-state index in [1.165, 1.54) is 18.3 Å². The van der Waals surface area contributed by atoms with Gasteiger partial charge in [0.15, 0.2) is 0 Å². The highest BCUT2D eigenvalue weighted by Gasteiger charge is 2.10. The quantitative estimate of drug-likeness (QED) is 0.633. The van der Waals surface area contributed by atoms with Crippen molar-refractivity contribution in [3.05, 3.63) is 53.9 Å². The Morgan fingerprint density at radius 1 is 1.22 bits per heavy atom. The van der Waals surface area contributed by atoms with E-state index in [2.05, 4.69) is 10.3 Å². The molecule has 6 heteroatoms. The molecule has 0 aliphatic rings. The summed E-state index contributed by atoms with van der Waals surface area (Å²) in [6.07, 6.45) is 1.17. The molecular weight excluding hydrogens is 240 g/mol. The van der Waals surface area contributed by atoms with Crippen molar-refractivity contribution in [1.82, 2.24) is 4.98 Å². The number of anilines is 2. The maximum atomic E-state index is 12.8. The molecule has 1 heterocycles. The van der Waals surface area contributed by atoms with E-state index in [1.807, 2.05) is 0 Å². The number of aromatic nitrogens is 1. The molecule has 0 unspecified atom stereocenters. The number of nitrogens with zero attached hydrogens (tertiary/aromatic N) is 1. The summed E-state index contributed by atoms with van der Waals surface area (Å²) in [5.74, 6) is -1.68. The number of carbonyl (C=O) groups excluding carboxylic acids is 1. The lowest BCUT2D eigenvalue weighted by Gasteiger charge is -2.07. The molecule has 1 aromatic heterocycles. The van der Waals surface area contributed by atoms with Crippen LogP contribution in [0.2, 0.25) is 0 Å². The molecule has 92 valence electrons. The Hall–Kier alpha value is -2.50. The third-order valence-electron chi connectivity index (χ3n) is 2.24. The molecule has 0 bridgehead atoms. The van der Waals surface area contributed by atoms with Gasteiger partial charge in [0, 0.05) is 5.69 Å². The van der Waals surface area contributed by atoms with Gasteiger partial charge in [-0.1, -0.05) is 0 Å². The van der Waals surface area contributed by atoms with E-state index < -0.39 is 17.7 Å². The van der Waals surface area contributed by atoms with Gasteiger partial charge in [0.2, 0.25) is 5.95 Å². The number of carbonyl (C=O) groups is 1. The number of hydrogen-bond acceptors (Lipinski definition) is 3. The van der Waals surface area contributed by atoms with E-state index in [0.717, 1.165) is 18.2 Å². The average Bonchev–Trinajstić information content (AvgIpc) is 2.32. The Morgan fingerprint density at radius 3 is 2.61 bits per heavy atom. The van der Waals surface area contributed by atoms with E-state index in [1.54, 1.807) is 0 Å². The molecule has 2 rings (SSSR count). The van der Waals surface area contributed by atoms with Crippen LogP contribution in [-0.4, -0.2) is 10.9 Å². The van der Waals surface area contributed by atoms with Gasteiger partial charge < -0.3 is 11.1 Å². The van der Waals surface area contributed by atoms with E-state index in [-0.39, 0.29) is 11.3 Å². The number of nitrogens with one attached hydrogen (secondary N) is 1. The molecule has 0 saturated heterocycles. The van der Waals surface area contributed by atoms with Crippen molar-refractivity contribution in [3.63, 3.8) is 0 Å². The van der Waals surface area contributed by atoms with Gasteiger partial charge in [0.25, 0.3) is 5.91 Å². The highest BCUT2D eigenvalue weighted by atomic mass is 19.1. The molecule has 0 spiro atoms. The van der Waals surface area contributed by atoms with Crippen LogP contribution in [0.15, 0.2) is 36.5 Å². The predicted molar refractivity (Wildman–Crippen MR) is 63.0 cm³/mol. The van der Waals surface area contributed by atoms with Crippen LogP contribution >= 0.6 is 0 Å². The summed E-state index contributed by atoms with van der Waals surface area (Å²) in [6, 6.07) is 5.94. The van der Waals surface area contributed by atoms with Crippen molar-refractivity contribution in [3.8, 4) is 0 Å². The van der Waals surface area contributed by atoms with Gasteiger partial charge in [-0.15, -0.1) is 0 Å². The van der Waals surface area contributed by atoms with Crippen molar-refractivity contribution in [2.45, 2.75) is 0 Å². The maximum absolute atomic E-state index is 12.8. The zero-order valence-electron chi connectivity index (χ0n) is 9.15. The van der Waals surface area contributed by atoms with Gasteiger partial charge in [-0.3, -0.25) is 4.79 Å². The molecule has 4 nitrogen and oxygen atoms in total. The fourth-order valence-electron chi connectivity index (χ4n) is 1.39. The third kappa shape index (κ3) is 2.60. The largest absolute Gasteiger partial charge is 0.398 e. The summed E-state index contributed by atoms with van der Waals surface area (Å²) >= 11 is 0. The van der Waals surface area contributed by atoms with Crippen LogP contribution in [0.25, 0.3) is 0 Å². The lowest BCUT2D eigenvalue weighted by molar-refractivity contribution is 0.102. The number of amides is 1. The summed E-state index contributed by atoms with van der Waals surface area (Å²) < 4.78 is 25.4. The van der Waals surface area contributed by atoms with Crippen LogP contribution in [0.1, 0.15) is 10.4 Å². The number of benzene rings is 1. The minimum Gasteiger partial charge on any atom is -0.398 e. The fourth-order valence-corrected chi connectivity index (χ4v) is 1.39. The van der Waals surface area contributed by atoms with Crippen molar-refractivity contribution >= 4 is 17.3 Å². The fraction of sp³-hybridized carbons (Fsp3) is 0. The second-order valence-corrected chi connectivity index (χ2v) is 3.56. The van der Waals surface area contributed by atoms with Crippen LogP contribution in [0.3, 0.4) is 0 Å². The van der Waals surface area contributed by atoms with E-state index in [0.29, 0.717) is 5.69 Å². The van der Waals surface area contributed by atoms with Crippen LogP contribution in [-0.2, 0) is 0 Å². The van der Waals surface area contributed by atoms with Crippen LogP contribution in [0.5, 0.6) is 0 Å². The Bertz CT molecular complexity index is 584. The summed E-state index contributed by atoms with van der Waals surface area (Å²) in [4.78, 5) is 15.2.